The third kappa shape index (κ3) is 3.85. The molecule has 12 heteroatoms. The number of nitrogens with zero attached hydrogens (tertiary/aromatic N) is 4. The lowest BCUT2D eigenvalue weighted by Gasteiger charge is -2.10. The van der Waals surface area contributed by atoms with Gasteiger partial charge in [0.2, 0.25) is 0 Å². The molecule has 0 aliphatic heterocycles. The van der Waals surface area contributed by atoms with E-state index in [1.165, 1.54) is 7.11 Å². The lowest BCUT2D eigenvalue weighted by Crippen LogP contribution is -2.25. The van der Waals surface area contributed by atoms with Gasteiger partial charge in [0.15, 0.2) is 5.69 Å². The number of aromatic nitrogens is 4. The van der Waals surface area contributed by atoms with Gasteiger partial charge in [0.05, 0.1) is 30.5 Å². The smallest absolute Gasteiger partial charge is 0.359 e. The van der Waals surface area contributed by atoms with Crippen LogP contribution in [0.2, 0.25) is 0 Å². The van der Waals surface area contributed by atoms with Crippen molar-refractivity contribution in [2.45, 2.75) is 13.8 Å². The molecule has 0 spiro atoms. The van der Waals surface area contributed by atoms with Crippen molar-refractivity contribution in [3.63, 3.8) is 0 Å². The highest BCUT2D eigenvalue weighted by Crippen LogP contribution is 2.31. The van der Waals surface area contributed by atoms with E-state index >= 15 is 0 Å². The van der Waals surface area contributed by atoms with Gasteiger partial charge in [-0.2, -0.15) is 9.78 Å². The number of esters is 1. The fraction of sp³-hybridized carbons (Fsp3) is 0.200. The van der Waals surface area contributed by atoms with Gasteiger partial charge in [0.1, 0.15) is 15.6 Å². The minimum absolute atomic E-state index is 0.0235. The maximum Gasteiger partial charge on any atom is 0.359 e. The number of anilines is 1. The maximum atomic E-state index is 13.4. The molecule has 0 atom stereocenters. The summed E-state index contributed by atoms with van der Waals surface area (Å²) in [6, 6.07) is 6.64. The molecule has 0 saturated carbocycles. The number of carbonyl (C=O) groups is 2. The number of nitrogens with one attached hydrogen (secondary N) is 1. The highest BCUT2D eigenvalue weighted by molar-refractivity contribution is 7.16. The number of rotatable bonds is 6. The number of benzene rings is 1. The van der Waals surface area contributed by atoms with Gasteiger partial charge < -0.3 is 14.8 Å². The van der Waals surface area contributed by atoms with Crippen LogP contribution >= 0.6 is 22.9 Å². The number of ether oxygens (including phenoxy) is 2. The molecule has 0 unspecified atom stereocenters. The second-order valence-corrected chi connectivity index (χ2v) is 8.11. The van der Waals surface area contributed by atoms with Crippen LogP contribution in [0.1, 0.15) is 32.8 Å². The molecule has 4 aromatic rings. The van der Waals surface area contributed by atoms with Gasteiger partial charge in [-0.1, -0.05) is 4.49 Å². The predicted octanol–water partition coefficient (Wildman–Crippen LogP) is 3.04. The molecule has 0 radical (unpaired) electrons. The summed E-state index contributed by atoms with van der Waals surface area (Å²) in [5.74, 6) is -0.505. The van der Waals surface area contributed by atoms with Crippen molar-refractivity contribution in [1.29, 1.82) is 0 Å². The Bertz CT molecular complexity index is 1370. The van der Waals surface area contributed by atoms with E-state index in [0.717, 1.165) is 27.6 Å². The average Bonchev–Trinajstić information content (AvgIpc) is 3.41. The van der Waals surface area contributed by atoms with Crippen LogP contribution in [0.4, 0.5) is 5.00 Å². The quantitative estimate of drug-likeness (QED) is 0.425. The fourth-order valence-electron chi connectivity index (χ4n) is 2.99. The Morgan fingerprint density at radius 2 is 1.97 bits per heavy atom. The van der Waals surface area contributed by atoms with Crippen molar-refractivity contribution < 1.29 is 19.1 Å². The first-order valence-corrected chi connectivity index (χ1v) is 11.1. The van der Waals surface area contributed by atoms with Gasteiger partial charge in [-0.25, -0.2) is 4.79 Å². The van der Waals surface area contributed by atoms with Gasteiger partial charge in [-0.05, 0) is 49.6 Å². The number of thiophene rings is 1. The van der Waals surface area contributed by atoms with Crippen LogP contribution in [0, 0.1) is 6.92 Å². The second kappa shape index (κ2) is 8.85. The average molecular weight is 472 g/mol. The number of fused-ring (bicyclic) bond motifs is 1. The molecule has 1 N–H and O–H groups in total. The van der Waals surface area contributed by atoms with Gasteiger partial charge in [0, 0.05) is 10.8 Å². The number of carbonyl (C=O) groups excluding carboxylic acids is 2. The molecule has 0 saturated heterocycles. The Kier molecular flexibility index (Phi) is 5.97. The molecule has 0 aliphatic rings. The summed E-state index contributed by atoms with van der Waals surface area (Å²) in [4.78, 5) is 39.0. The first kappa shape index (κ1) is 21.6. The van der Waals surface area contributed by atoms with Crippen molar-refractivity contribution in [3.05, 3.63) is 56.3 Å². The van der Waals surface area contributed by atoms with E-state index in [9.17, 15) is 14.4 Å². The molecule has 1 amide bonds. The Morgan fingerprint density at radius 3 is 2.59 bits per heavy atom. The van der Waals surface area contributed by atoms with Crippen molar-refractivity contribution in [3.8, 4) is 11.4 Å². The van der Waals surface area contributed by atoms with E-state index in [0.29, 0.717) is 27.4 Å². The zero-order valence-electron chi connectivity index (χ0n) is 17.2. The summed E-state index contributed by atoms with van der Waals surface area (Å²) in [5.41, 5.74) is 0.394. The third-order valence-corrected chi connectivity index (χ3v) is 6.25. The van der Waals surface area contributed by atoms with E-state index in [2.05, 4.69) is 20.0 Å². The SMILES string of the molecule is CCOC(=O)c1nn(-c2ccc(OC)cc2)c(=O)c2c(NC(=O)c3snnc3C)scc12. The molecule has 32 heavy (non-hydrogen) atoms. The van der Waals surface area contributed by atoms with Gasteiger partial charge in [-0.3, -0.25) is 9.59 Å². The summed E-state index contributed by atoms with van der Waals surface area (Å²) in [6.07, 6.45) is 0. The van der Waals surface area contributed by atoms with Crippen molar-refractivity contribution in [1.82, 2.24) is 19.4 Å². The summed E-state index contributed by atoms with van der Waals surface area (Å²) < 4.78 is 15.2. The standard InChI is InChI=1S/C20H17N5O5S2/c1-4-30-20(28)15-13-9-31-18(21-17(26)16-10(2)22-24-32-16)14(13)19(27)25(23-15)11-5-7-12(29-3)8-6-11/h5-9H,4H2,1-3H3,(H,21,26). The highest BCUT2D eigenvalue weighted by atomic mass is 32.1. The Balaban J connectivity index is 1.89. The van der Waals surface area contributed by atoms with Crippen LogP contribution in [0.3, 0.4) is 0 Å². The van der Waals surface area contributed by atoms with Crippen LogP contribution in [0.5, 0.6) is 5.75 Å². The monoisotopic (exact) mass is 471 g/mol. The Morgan fingerprint density at radius 1 is 1.22 bits per heavy atom. The Labute approximate surface area is 189 Å². The largest absolute Gasteiger partial charge is 0.497 e. The second-order valence-electron chi connectivity index (χ2n) is 6.48. The van der Waals surface area contributed by atoms with E-state index in [1.807, 2.05) is 0 Å². The van der Waals surface area contributed by atoms with Crippen molar-refractivity contribution in [2.24, 2.45) is 0 Å². The molecule has 3 aromatic heterocycles. The lowest BCUT2D eigenvalue weighted by molar-refractivity contribution is 0.0520. The van der Waals surface area contributed by atoms with E-state index in [-0.39, 0.29) is 22.7 Å². The topological polar surface area (TPSA) is 125 Å². The van der Waals surface area contributed by atoms with E-state index < -0.39 is 17.4 Å². The molecule has 4 rings (SSSR count). The van der Waals surface area contributed by atoms with Crippen molar-refractivity contribution in [2.75, 3.05) is 19.0 Å². The summed E-state index contributed by atoms with van der Waals surface area (Å²) >= 11 is 2.08. The van der Waals surface area contributed by atoms with E-state index in [1.54, 1.807) is 43.5 Å². The molecular weight excluding hydrogens is 454 g/mol. The first-order valence-electron chi connectivity index (χ1n) is 9.41. The molecule has 164 valence electrons. The number of amides is 1. The molecular formula is C20H17N5O5S2. The number of methoxy groups -OCH3 is 1. The summed E-state index contributed by atoms with van der Waals surface area (Å²) in [6.45, 7) is 3.50. The minimum Gasteiger partial charge on any atom is -0.497 e. The summed E-state index contributed by atoms with van der Waals surface area (Å²) in [5, 5.41) is 13.2. The van der Waals surface area contributed by atoms with Crippen molar-refractivity contribution >= 4 is 50.5 Å². The summed E-state index contributed by atoms with van der Waals surface area (Å²) in [7, 11) is 1.53. The lowest BCUT2D eigenvalue weighted by atomic mass is 10.2. The Hall–Kier alpha value is -3.64. The first-order chi connectivity index (χ1) is 15.4. The molecule has 0 fully saturated rings. The van der Waals surface area contributed by atoms with Crippen LogP contribution < -0.4 is 15.6 Å². The number of aryl methyl sites for hydroxylation is 1. The minimum atomic E-state index is -0.669. The third-order valence-electron chi connectivity index (χ3n) is 4.52. The fourth-order valence-corrected chi connectivity index (χ4v) is 4.47. The zero-order valence-corrected chi connectivity index (χ0v) is 18.9. The molecule has 10 nitrogen and oxygen atoms in total. The molecule has 0 bridgehead atoms. The van der Waals surface area contributed by atoms with E-state index in [4.69, 9.17) is 9.47 Å². The molecule has 3 heterocycles. The highest BCUT2D eigenvalue weighted by Gasteiger charge is 2.24. The number of hydrogen-bond acceptors (Lipinski definition) is 10. The zero-order chi connectivity index (χ0) is 22.8. The van der Waals surface area contributed by atoms with Gasteiger partial charge in [-0.15, -0.1) is 16.4 Å². The van der Waals surface area contributed by atoms with Crippen LogP contribution in [0.25, 0.3) is 16.5 Å². The maximum absolute atomic E-state index is 13.4. The van der Waals surface area contributed by atoms with Gasteiger partial charge in [0.25, 0.3) is 11.5 Å². The molecule has 0 aliphatic carbocycles. The van der Waals surface area contributed by atoms with Gasteiger partial charge >= 0.3 is 5.97 Å². The predicted molar refractivity (Wildman–Crippen MR) is 120 cm³/mol. The van der Waals surface area contributed by atoms with Crippen LogP contribution in [-0.2, 0) is 4.74 Å². The molecule has 1 aromatic carbocycles. The number of hydrogen-bond donors (Lipinski definition) is 1. The normalized spacial score (nSPS) is 10.8. The van der Waals surface area contributed by atoms with Crippen LogP contribution in [0.15, 0.2) is 34.4 Å². The van der Waals surface area contributed by atoms with Crippen LogP contribution in [-0.4, -0.2) is 45.0 Å².